The van der Waals surface area contributed by atoms with Crippen LogP contribution < -0.4 is 0 Å². The maximum absolute atomic E-state index is 12.6. The molecule has 2 aromatic carbocycles. The van der Waals surface area contributed by atoms with Gasteiger partial charge in [-0.2, -0.15) is 0 Å². The van der Waals surface area contributed by atoms with E-state index in [1.807, 2.05) is 0 Å². The van der Waals surface area contributed by atoms with Crippen LogP contribution in [0.5, 0.6) is 0 Å². The number of hydrogen-bond acceptors (Lipinski definition) is 5. The SMILES string of the molecule is CC(=O)c1cc(C(=O)c2ccc(C(C)=O)c(C(=O)O)c2)ccc1C(=O)O. The van der Waals surface area contributed by atoms with E-state index in [2.05, 4.69) is 0 Å². The highest BCUT2D eigenvalue weighted by Gasteiger charge is 2.20. The lowest BCUT2D eigenvalue weighted by molar-refractivity contribution is 0.0683. The van der Waals surface area contributed by atoms with Crippen molar-refractivity contribution in [3.63, 3.8) is 0 Å². The van der Waals surface area contributed by atoms with E-state index in [4.69, 9.17) is 5.11 Å². The zero-order valence-electron chi connectivity index (χ0n) is 13.9. The molecule has 0 aliphatic rings. The zero-order chi connectivity index (χ0) is 19.6. The van der Waals surface area contributed by atoms with Gasteiger partial charge in [-0.25, -0.2) is 9.59 Å². The Kier molecular flexibility index (Phi) is 5.11. The summed E-state index contributed by atoms with van der Waals surface area (Å²) < 4.78 is 0. The van der Waals surface area contributed by atoms with Gasteiger partial charge in [0.2, 0.25) is 0 Å². The van der Waals surface area contributed by atoms with Crippen molar-refractivity contribution in [2.24, 2.45) is 0 Å². The van der Waals surface area contributed by atoms with Crippen LogP contribution in [0.3, 0.4) is 0 Å². The Bertz CT molecular complexity index is 892. The monoisotopic (exact) mass is 354 g/mol. The third-order valence-electron chi connectivity index (χ3n) is 3.78. The summed E-state index contributed by atoms with van der Waals surface area (Å²) in [6.07, 6.45) is 0. The second-order valence-corrected chi connectivity index (χ2v) is 5.57. The average Bonchev–Trinajstić information content (AvgIpc) is 2.59. The lowest BCUT2D eigenvalue weighted by Gasteiger charge is -2.08. The zero-order valence-corrected chi connectivity index (χ0v) is 13.9. The summed E-state index contributed by atoms with van der Waals surface area (Å²) in [5.41, 5.74) is -0.650. The maximum atomic E-state index is 12.6. The van der Waals surface area contributed by atoms with E-state index in [1.54, 1.807) is 0 Å². The van der Waals surface area contributed by atoms with Crippen molar-refractivity contribution in [2.75, 3.05) is 0 Å². The van der Waals surface area contributed by atoms with E-state index in [-0.39, 0.29) is 33.4 Å². The number of aromatic carboxylic acids is 2. The summed E-state index contributed by atoms with van der Waals surface area (Å²) in [5, 5.41) is 18.3. The average molecular weight is 354 g/mol. The second kappa shape index (κ2) is 7.10. The Morgan fingerprint density at radius 1 is 0.615 bits per heavy atom. The quantitative estimate of drug-likeness (QED) is 0.764. The Hall–Kier alpha value is -3.61. The summed E-state index contributed by atoms with van der Waals surface area (Å²) in [5.74, 6) is -4.22. The van der Waals surface area contributed by atoms with E-state index < -0.39 is 29.3 Å². The minimum Gasteiger partial charge on any atom is -0.478 e. The van der Waals surface area contributed by atoms with Gasteiger partial charge in [-0.3, -0.25) is 14.4 Å². The molecule has 0 heterocycles. The van der Waals surface area contributed by atoms with Crippen molar-refractivity contribution in [1.29, 1.82) is 0 Å². The Morgan fingerprint density at radius 3 is 1.46 bits per heavy atom. The van der Waals surface area contributed by atoms with Crippen LogP contribution in [-0.4, -0.2) is 39.5 Å². The molecule has 0 fully saturated rings. The molecule has 2 N–H and O–H groups in total. The molecule has 26 heavy (non-hydrogen) atoms. The lowest BCUT2D eigenvalue weighted by atomic mass is 9.94. The highest BCUT2D eigenvalue weighted by atomic mass is 16.4. The van der Waals surface area contributed by atoms with Crippen LogP contribution in [-0.2, 0) is 0 Å². The first-order valence-corrected chi connectivity index (χ1v) is 7.44. The summed E-state index contributed by atoms with van der Waals surface area (Å²) in [4.78, 5) is 58.3. The Morgan fingerprint density at radius 2 is 1.04 bits per heavy atom. The van der Waals surface area contributed by atoms with E-state index in [0.717, 1.165) is 18.2 Å². The molecule has 7 nitrogen and oxygen atoms in total. The van der Waals surface area contributed by atoms with Crippen molar-refractivity contribution < 1.29 is 34.2 Å². The van der Waals surface area contributed by atoms with Crippen LogP contribution in [0, 0.1) is 0 Å². The van der Waals surface area contributed by atoms with E-state index in [0.29, 0.717) is 0 Å². The number of carbonyl (C=O) groups is 5. The molecule has 0 unspecified atom stereocenters. The predicted molar refractivity (Wildman–Crippen MR) is 90.2 cm³/mol. The molecule has 2 rings (SSSR count). The van der Waals surface area contributed by atoms with E-state index in [9.17, 15) is 29.1 Å². The molecule has 0 atom stereocenters. The topological polar surface area (TPSA) is 126 Å². The summed E-state index contributed by atoms with van der Waals surface area (Å²) in [6, 6.07) is 7.19. The first kappa shape index (κ1) is 18.7. The van der Waals surface area contributed by atoms with Crippen molar-refractivity contribution in [1.82, 2.24) is 0 Å². The number of carbonyl (C=O) groups excluding carboxylic acids is 3. The molecule has 0 saturated heterocycles. The molecule has 0 bridgehead atoms. The number of hydrogen-bond donors (Lipinski definition) is 2. The first-order chi connectivity index (χ1) is 12.1. The molecular weight excluding hydrogens is 340 g/mol. The minimum atomic E-state index is -1.35. The number of carboxylic acid groups (broad SMARTS) is 2. The summed E-state index contributed by atoms with van der Waals surface area (Å²) in [7, 11) is 0. The number of carboxylic acids is 2. The normalized spacial score (nSPS) is 10.2. The fourth-order valence-electron chi connectivity index (χ4n) is 2.50. The number of Topliss-reactive ketones (excluding diaryl/α,β-unsaturated/α-hetero) is 2. The number of ketones is 3. The van der Waals surface area contributed by atoms with E-state index >= 15 is 0 Å². The smallest absolute Gasteiger partial charge is 0.336 e. The molecule has 0 aliphatic carbocycles. The van der Waals surface area contributed by atoms with Crippen molar-refractivity contribution in [3.05, 3.63) is 69.8 Å². The highest BCUT2D eigenvalue weighted by molar-refractivity contribution is 6.14. The standard InChI is InChI=1S/C19H14O7/c1-9(20)13-5-3-12(8-16(13)19(25)26)17(22)11-4-6-14(18(23)24)15(7-11)10(2)21/h3-8H,1-2H3,(H,23,24)(H,25,26). The molecule has 0 amide bonds. The van der Waals surface area contributed by atoms with Crippen LogP contribution in [0.4, 0.5) is 0 Å². The lowest BCUT2D eigenvalue weighted by Crippen LogP contribution is -2.12. The number of rotatable bonds is 6. The maximum Gasteiger partial charge on any atom is 0.336 e. The Balaban J connectivity index is 2.56. The summed E-state index contributed by atoms with van der Waals surface area (Å²) in [6.45, 7) is 2.40. The van der Waals surface area contributed by atoms with Crippen LogP contribution in [0.2, 0.25) is 0 Å². The van der Waals surface area contributed by atoms with Crippen molar-refractivity contribution in [2.45, 2.75) is 13.8 Å². The van der Waals surface area contributed by atoms with Crippen LogP contribution in [0.1, 0.15) is 71.2 Å². The molecule has 0 radical (unpaired) electrons. The van der Waals surface area contributed by atoms with Gasteiger partial charge in [0.05, 0.1) is 11.1 Å². The molecule has 0 saturated carbocycles. The largest absolute Gasteiger partial charge is 0.478 e. The molecule has 0 aromatic heterocycles. The van der Waals surface area contributed by atoms with Gasteiger partial charge in [-0.15, -0.1) is 0 Å². The molecule has 7 heteroatoms. The van der Waals surface area contributed by atoms with Gasteiger partial charge in [0.15, 0.2) is 17.3 Å². The molecular formula is C19H14O7. The molecule has 0 spiro atoms. The van der Waals surface area contributed by atoms with Gasteiger partial charge in [-0.05, 0) is 38.1 Å². The van der Waals surface area contributed by atoms with Crippen molar-refractivity contribution in [3.8, 4) is 0 Å². The van der Waals surface area contributed by atoms with Gasteiger partial charge in [-0.1, -0.05) is 12.1 Å². The van der Waals surface area contributed by atoms with E-state index in [1.165, 1.54) is 32.0 Å². The predicted octanol–water partition coefficient (Wildman–Crippen LogP) is 2.72. The fourth-order valence-corrected chi connectivity index (χ4v) is 2.50. The summed E-state index contributed by atoms with van der Waals surface area (Å²) >= 11 is 0. The second-order valence-electron chi connectivity index (χ2n) is 5.57. The molecule has 0 aliphatic heterocycles. The highest BCUT2D eigenvalue weighted by Crippen LogP contribution is 2.19. The van der Waals surface area contributed by atoms with Gasteiger partial charge in [0.25, 0.3) is 0 Å². The van der Waals surface area contributed by atoms with Gasteiger partial charge < -0.3 is 10.2 Å². The third-order valence-corrected chi connectivity index (χ3v) is 3.78. The van der Waals surface area contributed by atoms with Crippen LogP contribution >= 0.6 is 0 Å². The van der Waals surface area contributed by atoms with Crippen LogP contribution in [0.15, 0.2) is 36.4 Å². The first-order valence-electron chi connectivity index (χ1n) is 7.44. The third kappa shape index (κ3) is 3.56. The van der Waals surface area contributed by atoms with Gasteiger partial charge in [0.1, 0.15) is 0 Å². The molecule has 132 valence electrons. The van der Waals surface area contributed by atoms with Crippen molar-refractivity contribution >= 4 is 29.3 Å². The number of benzene rings is 2. The molecule has 2 aromatic rings. The van der Waals surface area contributed by atoms with Gasteiger partial charge in [0, 0.05) is 22.3 Å². The van der Waals surface area contributed by atoms with Crippen LogP contribution in [0.25, 0.3) is 0 Å². The Labute approximate surface area is 147 Å². The minimum absolute atomic E-state index is 0.00461. The fraction of sp³-hybridized carbons (Fsp3) is 0.105. The van der Waals surface area contributed by atoms with Gasteiger partial charge >= 0.3 is 11.9 Å².